The summed E-state index contributed by atoms with van der Waals surface area (Å²) >= 11 is 0. The summed E-state index contributed by atoms with van der Waals surface area (Å²) in [7, 11) is 0. The molecule has 0 bridgehead atoms. The third-order valence-electron chi connectivity index (χ3n) is 3.65. The van der Waals surface area contributed by atoms with E-state index < -0.39 is 0 Å². The lowest BCUT2D eigenvalue weighted by atomic mass is 10.1. The lowest BCUT2D eigenvalue weighted by Crippen LogP contribution is -2.31. The van der Waals surface area contributed by atoms with Crippen LogP contribution in [0.4, 0.5) is 5.69 Å². The monoisotopic (exact) mass is 310 g/mol. The van der Waals surface area contributed by atoms with Crippen LogP contribution in [0.1, 0.15) is 46.5 Å². The lowest BCUT2D eigenvalue weighted by Gasteiger charge is -2.12. The van der Waals surface area contributed by atoms with E-state index in [0.29, 0.717) is 16.8 Å². The minimum Gasteiger partial charge on any atom is -0.350 e. The summed E-state index contributed by atoms with van der Waals surface area (Å²) in [6.45, 7) is 5.92. The summed E-state index contributed by atoms with van der Waals surface area (Å²) in [4.78, 5) is 24.4. The molecule has 4 heteroatoms. The van der Waals surface area contributed by atoms with Crippen LogP contribution in [0, 0.1) is 6.92 Å². The second kappa shape index (κ2) is 7.58. The van der Waals surface area contributed by atoms with Gasteiger partial charge in [0, 0.05) is 22.9 Å². The van der Waals surface area contributed by atoms with E-state index in [0.717, 1.165) is 12.0 Å². The second-order valence-electron chi connectivity index (χ2n) is 5.69. The maximum atomic E-state index is 12.3. The van der Waals surface area contributed by atoms with Gasteiger partial charge in [-0.1, -0.05) is 30.7 Å². The highest BCUT2D eigenvalue weighted by molar-refractivity contribution is 6.05. The molecule has 2 rings (SSSR count). The van der Waals surface area contributed by atoms with Crippen molar-refractivity contribution in [2.75, 3.05) is 5.32 Å². The highest BCUT2D eigenvalue weighted by atomic mass is 16.2. The van der Waals surface area contributed by atoms with E-state index in [9.17, 15) is 9.59 Å². The molecule has 0 unspecified atom stereocenters. The van der Waals surface area contributed by atoms with Crippen LogP contribution in [-0.4, -0.2) is 17.9 Å². The number of amides is 2. The molecule has 1 atom stereocenters. The number of carbonyl (C=O) groups excluding carboxylic acids is 2. The third kappa shape index (κ3) is 4.68. The maximum Gasteiger partial charge on any atom is 0.255 e. The minimum absolute atomic E-state index is 0.119. The number of carbonyl (C=O) groups is 2. The van der Waals surface area contributed by atoms with E-state index >= 15 is 0 Å². The van der Waals surface area contributed by atoms with Crippen molar-refractivity contribution in [3.63, 3.8) is 0 Å². The van der Waals surface area contributed by atoms with Gasteiger partial charge in [-0.05, 0) is 50.6 Å². The Kier molecular flexibility index (Phi) is 5.52. The number of aryl methyl sites for hydroxylation is 1. The number of hydrogen-bond acceptors (Lipinski definition) is 2. The molecule has 0 aliphatic rings. The van der Waals surface area contributed by atoms with Crippen LogP contribution >= 0.6 is 0 Å². The standard InChI is InChI=1S/C19H22N2O2/c1-4-14(3)20-18(22)16-9-6-10-17(12-16)21-19(23)15-8-5-7-13(2)11-15/h5-12,14H,4H2,1-3H3,(H,20,22)(H,21,23)/t14-/m0/s1. The Bertz CT molecular complexity index is 710. The zero-order valence-electron chi connectivity index (χ0n) is 13.7. The fourth-order valence-electron chi connectivity index (χ4n) is 2.14. The molecule has 0 heterocycles. The average molecular weight is 310 g/mol. The molecule has 0 saturated heterocycles. The summed E-state index contributed by atoms with van der Waals surface area (Å²) in [6, 6.07) is 14.5. The van der Waals surface area contributed by atoms with Gasteiger partial charge in [0.15, 0.2) is 0 Å². The summed E-state index contributed by atoms with van der Waals surface area (Å²) in [5.74, 6) is -0.320. The highest BCUT2D eigenvalue weighted by Gasteiger charge is 2.11. The Morgan fingerprint density at radius 1 is 1.00 bits per heavy atom. The van der Waals surface area contributed by atoms with Crippen LogP contribution in [0.3, 0.4) is 0 Å². The van der Waals surface area contributed by atoms with Gasteiger partial charge in [0.1, 0.15) is 0 Å². The SMILES string of the molecule is CC[C@H](C)NC(=O)c1cccc(NC(=O)c2cccc(C)c2)c1. The zero-order valence-corrected chi connectivity index (χ0v) is 13.7. The van der Waals surface area contributed by atoms with Crippen LogP contribution in [0.25, 0.3) is 0 Å². The maximum absolute atomic E-state index is 12.3. The third-order valence-corrected chi connectivity index (χ3v) is 3.65. The first kappa shape index (κ1) is 16.7. The zero-order chi connectivity index (χ0) is 16.8. The van der Waals surface area contributed by atoms with E-state index in [1.54, 1.807) is 30.3 Å². The summed E-state index contributed by atoms with van der Waals surface area (Å²) in [6.07, 6.45) is 0.871. The molecule has 0 saturated carbocycles. The number of nitrogens with one attached hydrogen (secondary N) is 2. The lowest BCUT2D eigenvalue weighted by molar-refractivity contribution is 0.0938. The number of rotatable bonds is 5. The smallest absolute Gasteiger partial charge is 0.255 e. The van der Waals surface area contributed by atoms with Crippen molar-refractivity contribution >= 4 is 17.5 Å². The molecular weight excluding hydrogens is 288 g/mol. The van der Waals surface area contributed by atoms with Crippen molar-refractivity contribution in [3.8, 4) is 0 Å². The quantitative estimate of drug-likeness (QED) is 0.883. The molecule has 2 aromatic carbocycles. The molecule has 23 heavy (non-hydrogen) atoms. The van der Waals surface area contributed by atoms with Crippen molar-refractivity contribution in [2.24, 2.45) is 0 Å². The largest absolute Gasteiger partial charge is 0.350 e. The first-order valence-corrected chi connectivity index (χ1v) is 7.78. The fourth-order valence-corrected chi connectivity index (χ4v) is 2.14. The Labute approximate surface area is 136 Å². The van der Waals surface area contributed by atoms with Crippen LogP contribution in [0.2, 0.25) is 0 Å². The van der Waals surface area contributed by atoms with Crippen LogP contribution in [0.5, 0.6) is 0 Å². The molecule has 120 valence electrons. The fraction of sp³-hybridized carbons (Fsp3) is 0.263. The van der Waals surface area contributed by atoms with Crippen molar-refractivity contribution in [1.29, 1.82) is 0 Å². The molecule has 0 aromatic heterocycles. The van der Waals surface area contributed by atoms with E-state index in [-0.39, 0.29) is 17.9 Å². The number of benzene rings is 2. The Morgan fingerprint density at radius 2 is 1.65 bits per heavy atom. The van der Waals surface area contributed by atoms with Gasteiger partial charge >= 0.3 is 0 Å². The molecule has 0 fully saturated rings. The van der Waals surface area contributed by atoms with Gasteiger partial charge in [-0.25, -0.2) is 0 Å². The van der Waals surface area contributed by atoms with Crippen LogP contribution in [-0.2, 0) is 0 Å². The molecule has 0 radical (unpaired) electrons. The van der Waals surface area contributed by atoms with Crippen molar-refractivity contribution in [3.05, 3.63) is 65.2 Å². The van der Waals surface area contributed by atoms with Gasteiger partial charge < -0.3 is 10.6 Å². The van der Waals surface area contributed by atoms with Gasteiger partial charge in [0.2, 0.25) is 0 Å². The number of hydrogen-bond donors (Lipinski definition) is 2. The first-order chi connectivity index (χ1) is 11.0. The topological polar surface area (TPSA) is 58.2 Å². The highest BCUT2D eigenvalue weighted by Crippen LogP contribution is 2.13. The molecule has 0 spiro atoms. The second-order valence-corrected chi connectivity index (χ2v) is 5.69. The number of anilines is 1. The van der Waals surface area contributed by atoms with E-state index in [2.05, 4.69) is 10.6 Å². The molecule has 2 N–H and O–H groups in total. The molecule has 4 nitrogen and oxygen atoms in total. The van der Waals surface area contributed by atoms with Crippen LogP contribution < -0.4 is 10.6 Å². The molecular formula is C19H22N2O2. The van der Waals surface area contributed by atoms with Gasteiger partial charge in [0.05, 0.1) is 0 Å². The van der Waals surface area contributed by atoms with Gasteiger partial charge in [-0.3, -0.25) is 9.59 Å². The van der Waals surface area contributed by atoms with E-state index in [4.69, 9.17) is 0 Å². The van der Waals surface area contributed by atoms with Gasteiger partial charge in [-0.15, -0.1) is 0 Å². The first-order valence-electron chi connectivity index (χ1n) is 7.78. The molecule has 2 amide bonds. The normalized spacial score (nSPS) is 11.6. The predicted octanol–water partition coefficient (Wildman–Crippen LogP) is 3.78. The minimum atomic E-state index is -0.187. The van der Waals surface area contributed by atoms with E-state index in [1.807, 2.05) is 39.0 Å². The Balaban J connectivity index is 2.11. The molecule has 0 aliphatic carbocycles. The van der Waals surface area contributed by atoms with Gasteiger partial charge in [0.25, 0.3) is 11.8 Å². The Morgan fingerprint density at radius 3 is 2.30 bits per heavy atom. The predicted molar refractivity (Wildman–Crippen MR) is 92.8 cm³/mol. The van der Waals surface area contributed by atoms with Crippen molar-refractivity contribution < 1.29 is 9.59 Å². The molecule has 2 aromatic rings. The summed E-state index contributed by atoms with van der Waals surface area (Å²) in [5.41, 5.74) is 2.76. The van der Waals surface area contributed by atoms with Crippen molar-refractivity contribution in [1.82, 2.24) is 5.32 Å². The van der Waals surface area contributed by atoms with Crippen LogP contribution in [0.15, 0.2) is 48.5 Å². The average Bonchev–Trinajstić information content (AvgIpc) is 2.54. The summed E-state index contributed by atoms with van der Waals surface area (Å²) < 4.78 is 0. The van der Waals surface area contributed by atoms with Gasteiger partial charge in [-0.2, -0.15) is 0 Å². The Hall–Kier alpha value is -2.62. The van der Waals surface area contributed by atoms with Crippen molar-refractivity contribution in [2.45, 2.75) is 33.2 Å². The molecule has 0 aliphatic heterocycles. The summed E-state index contributed by atoms with van der Waals surface area (Å²) in [5, 5.41) is 5.74. The van der Waals surface area contributed by atoms with E-state index in [1.165, 1.54) is 0 Å².